The predicted molar refractivity (Wildman–Crippen MR) is 81.3 cm³/mol. The summed E-state index contributed by atoms with van der Waals surface area (Å²) in [4.78, 5) is 5.44. The number of thiazole rings is 1. The van der Waals surface area contributed by atoms with Crippen LogP contribution < -0.4 is 10.1 Å². The number of nitrogens with zero attached hydrogens (tertiary/aromatic N) is 1. The zero-order valence-electron chi connectivity index (χ0n) is 11.9. The fourth-order valence-electron chi connectivity index (χ4n) is 1.91. The molecule has 0 aliphatic rings. The van der Waals surface area contributed by atoms with Gasteiger partial charge in [-0.15, -0.1) is 0 Å². The van der Waals surface area contributed by atoms with Gasteiger partial charge in [-0.25, -0.2) is 4.98 Å². The summed E-state index contributed by atoms with van der Waals surface area (Å²) in [5.74, 6) is 0.968. The van der Waals surface area contributed by atoms with Crippen LogP contribution in [0.4, 0.5) is 5.13 Å². The summed E-state index contributed by atoms with van der Waals surface area (Å²) in [6, 6.07) is 4.27. The van der Waals surface area contributed by atoms with E-state index in [9.17, 15) is 0 Å². The lowest BCUT2D eigenvalue weighted by molar-refractivity contribution is 0.307. The van der Waals surface area contributed by atoms with Crippen molar-refractivity contribution in [3.05, 3.63) is 39.9 Å². The lowest BCUT2D eigenvalue weighted by Gasteiger charge is -2.11. The van der Waals surface area contributed by atoms with Crippen LogP contribution in [-0.2, 0) is 6.61 Å². The Hall–Kier alpha value is -1.55. The van der Waals surface area contributed by atoms with E-state index in [1.165, 1.54) is 16.7 Å². The summed E-state index contributed by atoms with van der Waals surface area (Å²) in [6.07, 6.45) is 1.88. The van der Waals surface area contributed by atoms with Crippen LogP contribution in [0, 0.1) is 20.8 Å². The van der Waals surface area contributed by atoms with E-state index in [4.69, 9.17) is 4.74 Å². The molecule has 1 N–H and O–H groups in total. The number of hydrogen-bond donors (Lipinski definition) is 1. The minimum atomic E-state index is 0.576. The molecular formula is C15H20N2OS. The minimum Gasteiger partial charge on any atom is -0.488 e. The van der Waals surface area contributed by atoms with Gasteiger partial charge in [0, 0.05) is 12.7 Å². The van der Waals surface area contributed by atoms with Crippen molar-refractivity contribution in [3.8, 4) is 5.75 Å². The molecule has 0 bridgehead atoms. The molecule has 0 unspecified atom stereocenters. The van der Waals surface area contributed by atoms with E-state index < -0.39 is 0 Å². The Morgan fingerprint density at radius 3 is 2.79 bits per heavy atom. The molecule has 1 aromatic carbocycles. The molecule has 3 nitrogen and oxygen atoms in total. The average molecular weight is 276 g/mol. The van der Waals surface area contributed by atoms with Gasteiger partial charge in [-0.05, 0) is 50.5 Å². The van der Waals surface area contributed by atoms with E-state index >= 15 is 0 Å². The van der Waals surface area contributed by atoms with Gasteiger partial charge in [-0.1, -0.05) is 17.4 Å². The second-order valence-corrected chi connectivity index (χ2v) is 5.77. The van der Waals surface area contributed by atoms with Gasteiger partial charge < -0.3 is 10.1 Å². The van der Waals surface area contributed by atoms with E-state index in [1.54, 1.807) is 11.3 Å². The summed E-state index contributed by atoms with van der Waals surface area (Å²) >= 11 is 1.64. The van der Waals surface area contributed by atoms with Gasteiger partial charge in [0.2, 0.25) is 0 Å². The molecule has 0 radical (unpaired) electrons. The molecule has 2 rings (SSSR count). The van der Waals surface area contributed by atoms with Crippen LogP contribution >= 0.6 is 11.3 Å². The lowest BCUT2D eigenvalue weighted by Crippen LogP contribution is -1.97. The van der Waals surface area contributed by atoms with Crippen molar-refractivity contribution in [2.24, 2.45) is 0 Å². The van der Waals surface area contributed by atoms with Crippen LogP contribution in [0.15, 0.2) is 18.3 Å². The first-order valence-corrected chi connectivity index (χ1v) is 7.31. The van der Waals surface area contributed by atoms with Gasteiger partial charge >= 0.3 is 0 Å². The highest BCUT2D eigenvalue weighted by atomic mass is 32.1. The van der Waals surface area contributed by atoms with Crippen LogP contribution in [0.2, 0.25) is 0 Å². The largest absolute Gasteiger partial charge is 0.488 e. The molecule has 2 aromatic rings. The Labute approximate surface area is 118 Å². The van der Waals surface area contributed by atoms with Gasteiger partial charge in [0.15, 0.2) is 5.13 Å². The first-order valence-electron chi connectivity index (χ1n) is 6.49. The van der Waals surface area contributed by atoms with Crippen LogP contribution in [0.3, 0.4) is 0 Å². The van der Waals surface area contributed by atoms with Crippen molar-refractivity contribution in [3.63, 3.8) is 0 Å². The second kappa shape index (κ2) is 6.06. The summed E-state index contributed by atoms with van der Waals surface area (Å²) in [7, 11) is 0. The van der Waals surface area contributed by atoms with Gasteiger partial charge in [-0.3, -0.25) is 0 Å². The molecule has 0 aliphatic carbocycles. The molecule has 1 aromatic heterocycles. The summed E-state index contributed by atoms with van der Waals surface area (Å²) in [5, 5.41) is 4.16. The molecule has 0 spiro atoms. The minimum absolute atomic E-state index is 0.576. The maximum absolute atomic E-state index is 5.92. The summed E-state index contributed by atoms with van der Waals surface area (Å²) in [5.41, 5.74) is 3.71. The standard InChI is InChI=1S/C15H20N2OS/c1-5-16-15-17-8-13(19-15)9-18-14-7-10(2)6-11(3)12(14)4/h6-8H,5,9H2,1-4H3,(H,16,17). The molecule has 1 heterocycles. The van der Waals surface area contributed by atoms with Crippen molar-refractivity contribution in [2.75, 3.05) is 11.9 Å². The monoisotopic (exact) mass is 276 g/mol. The molecule has 0 aliphatic heterocycles. The molecule has 102 valence electrons. The molecule has 0 saturated heterocycles. The Bertz CT molecular complexity index is 563. The van der Waals surface area contributed by atoms with Crippen LogP contribution in [0.1, 0.15) is 28.5 Å². The fourth-order valence-corrected chi connectivity index (χ4v) is 2.70. The third-order valence-corrected chi connectivity index (χ3v) is 3.94. The number of benzene rings is 1. The topological polar surface area (TPSA) is 34.2 Å². The molecule has 0 fully saturated rings. The van der Waals surface area contributed by atoms with Gasteiger partial charge in [0.1, 0.15) is 12.4 Å². The first-order chi connectivity index (χ1) is 9.10. The Kier molecular flexibility index (Phi) is 4.43. The Morgan fingerprint density at radius 1 is 1.26 bits per heavy atom. The van der Waals surface area contributed by atoms with Crippen molar-refractivity contribution < 1.29 is 4.74 Å². The lowest BCUT2D eigenvalue weighted by atomic mass is 10.1. The first kappa shape index (κ1) is 13.9. The molecule has 4 heteroatoms. The van der Waals surface area contributed by atoms with Gasteiger partial charge in [0.05, 0.1) is 4.88 Å². The number of nitrogens with one attached hydrogen (secondary N) is 1. The van der Waals surface area contributed by atoms with E-state index in [0.717, 1.165) is 22.3 Å². The van der Waals surface area contributed by atoms with E-state index in [0.29, 0.717) is 6.61 Å². The highest BCUT2D eigenvalue weighted by molar-refractivity contribution is 7.15. The van der Waals surface area contributed by atoms with Gasteiger partial charge in [0.25, 0.3) is 0 Å². The van der Waals surface area contributed by atoms with E-state index in [2.05, 4.69) is 50.1 Å². The summed E-state index contributed by atoms with van der Waals surface area (Å²) < 4.78 is 5.92. The zero-order chi connectivity index (χ0) is 13.8. The predicted octanol–water partition coefficient (Wildman–Crippen LogP) is 4.08. The maximum atomic E-state index is 5.92. The number of rotatable bonds is 5. The van der Waals surface area contributed by atoms with Crippen molar-refractivity contribution in [2.45, 2.75) is 34.3 Å². The van der Waals surface area contributed by atoms with Crippen molar-refractivity contribution in [1.82, 2.24) is 4.98 Å². The molecule has 19 heavy (non-hydrogen) atoms. The third kappa shape index (κ3) is 3.47. The molecule has 0 amide bonds. The fraction of sp³-hybridized carbons (Fsp3) is 0.400. The highest BCUT2D eigenvalue weighted by Crippen LogP contribution is 2.25. The smallest absolute Gasteiger partial charge is 0.182 e. The Balaban J connectivity index is 2.05. The van der Waals surface area contributed by atoms with Crippen LogP contribution in [0.5, 0.6) is 5.75 Å². The second-order valence-electron chi connectivity index (χ2n) is 4.66. The van der Waals surface area contributed by atoms with Gasteiger partial charge in [-0.2, -0.15) is 0 Å². The Morgan fingerprint density at radius 2 is 2.05 bits per heavy atom. The maximum Gasteiger partial charge on any atom is 0.182 e. The van der Waals surface area contributed by atoms with Crippen molar-refractivity contribution >= 4 is 16.5 Å². The number of anilines is 1. The van der Waals surface area contributed by atoms with E-state index in [1.807, 2.05) is 6.20 Å². The summed E-state index contributed by atoms with van der Waals surface area (Å²) in [6.45, 7) is 9.84. The molecule has 0 atom stereocenters. The number of aromatic nitrogens is 1. The number of ether oxygens (including phenoxy) is 1. The molecule has 0 saturated carbocycles. The molecular weight excluding hydrogens is 256 g/mol. The quantitative estimate of drug-likeness (QED) is 0.893. The normalized spacial score (nSPS) is 10.5. The van der Waals surface area contributed by atoms with E-state index in [-0.39, 0.29) is 0 Å². The number of aryl methyl sites for hydroxylation is 2. The average Bonchev–Trinajstić information content (AvgIpc) is 2.80. The van der Waals surface area contributed by atoms with Crippen molar-refractivity contribution in [1.29, 1.82) is 0 Å². The SMILES string of the molecule is CCNc1ncc(COc2cc(C)cc(C)c2C)s1. The van der Waals surface area contributed by atoms with Crippen LogP contribution in [-0.4, -0.2) is 11.5 Å². The number of hydrogen-bond acceptors (Lipinski definition) is 4. The third-order valence-electron chi connectivity index (χ3n) is 3.02. The zero-order valence-corrected chi connectivity index (χ0v) is 12.7. The highest BCUT2D eigenvalue weighted by Gasteiger charge is 2.06. The van der Waals surface area contributed by atoms with Crippen LogP contribution in [0.25, 0.3) is 0 Å².